The Bertz CT molecular complexity index is 300. The summed E-state index contributed by atoms with van der Waals surface area (Å²) in [6.07, 6.45) is 0.731. The van der Waals surface area contributed by atoms with Crippen LogP contribution in [0.1, 0.15) is 46.0 Å². The average Bonchev–Trinajstić information content (AvgIpc) is 2.52. The Kier molecular flexibility index (Phi) is 3.68. The van der Waals surface area contributed by atoms with Crippen molar-refractivity contribution in [3.8, 4) is 0 Å². The van der Waals surface area contributed by atoms with Crippen LogP contribution in [-0.2, 0) is 4.74 Å². The van der Waals surface area contributed by atoms with E-state index >= 15 is 0 Å². The molecule has 86 valence electrons. The first-order valence-electron chi connectivity index (χ1n) is 5.11. The van der Waals surface area contributed by atoms with Crippen molar-refractivity contribution in [2.24, 2.45) is 0 Å². The maximum atomic E-state index is 5.22. The lowest BCUT2D eigenvalue weighted by Gasteiger charge is -2.17. The lowest BCUT2D eigenvalue weighted by Crippen LogP contribution is -2.26. The van der Waals surface area contributed by atoms with Crippen molar-refractivity contribution in [2.75, 3.05) is 12.4 Å². The summed E-state index contributed by atoms with van der Waals surface area (Å²) in [5.74, 6) is 0.590. The number of anilines is 1. The van der Waals surface area contributed by atoms with Crippen molar-refractivity contribution >= 4 is 6.01 Å². The first-order chi connectivity index (χ1) is 6.96. The van der Waals surface area contributed by atoms with Crippen molar-refractivity contribution in [1.29, 1.82) is 0 Å². The van der Waals surface area contributed by atoms with E-state index in [4.69, 9.17) is 9.26 Å². The Balaban J connectivity index is 2.71. The molecule has 0 saturated heterocycles. The third-order valence-electron chi connectivity index (χ3n) is 1.87. The van der Waals surface area contributed by atoms with Crippen molar-refractivity contribution in [2.45, 2.75) is 45.8 Å². The molecular formula is C10H19N3O2. The lowest BCUT2D eigenvalue weighted by molar-refractivity contribution is 0.0903. The molecule has 0 spiro atoms. The van der Waals surface area contributed by atoms with Gasteiger partial charge in [-0.1, -0.05) is 12.1 Å². The number of nitrogens with zero attached hydrogens (tertiary/aromatic N) is 2. The van der Waals surface area contributed by atoms with Crippen LogP contribution in [0.3, 0.4) is 0 Å². The minimum Gasteiger partial charge on any atom is -0.373 e. The van der Waals surface area contributed by atoms with E-state index < -0.39 is 0 Å². The SMILES string of the molecule is CCC(OC)c1noc(NC(C)(C)C)n1. The number of rotatable bonds is 4. The predicted octanol–water partition coefficient (Wildman–Crippen LogP) is 2.38. The fourth-order valence-corrected chi connectivity index (χ4v) is 1.19. The number of methoxy groups -OCH3 is 1. The van der Waals surface area contributed by atoms with Gasteiger partial charge in [-0.15, -0.1) is 0 Å². The van der Waals surface area contributed by atoms with Crippen LogP contribution in [0.5, 0.6) is 0 Å². The fourth-order valence-electron chi connectivity index (χ4n) is 1.19. The number of hydrogen-bond donors (Lipinski definition) is 1. The van der Waals surface area contributed by atoms with E-state index in [2.05, 4.69) is 15.5 Å². The number of hydrogen-bond acceptors (Lipinski definition) is 5. The van der Waals surface area contributed by atoms with E-state index in [0.717, 1.165) is 6.42 Å². The number of ether oxygens (including phenoxy) is 1. The molecule has 15 heavy (non-hydrogen) atoms. The van der Waals surface area contributed by atoms with Gasteiger partial charge in [0.1, 0.15) is 6.10 Å². The molecule has 1 aromatic rings. The van der Waals surface area contributed by atoms with Gasteiger partial charge < -0.3 is 14.6 Å². The predicted molar refractivity (Wildman–Crippen MR) is 57.7 cm³/mol. The van der Waals surface area contributed by atoms with Crippen LogP contribution in [0, 0.1) is 0 Å². The number of aromatic nitrogens is 2. The Labute approximate surface area is 90.2 Å². The van der Waals surface area contributed by atoms with E-state index in [1.807, 2.05) is 27.7 Å². The van der Waals surface area contributed by atoms with Gasteiger partial charge in [0.2, 0.25) is 5.82 Å². The summed E-state index contributed by atoms with van der Waals surface area (Å²) in [6.45, 7) is 8.11. The molecule has 0 aromatic carbocycles. The molecule has 0 amide bonds. The van der Waals surface area contributed by atoms with Crippen molar-refractivity contribution in [3.05, 3.63) is 5.82 Å². The molecule has 1 N–H and O–H groups in total. The zero-order valence-electron chi connectivity index (χ0n) is 10.00. The summed E-state index contributed by atoms with van der Waals surface area (Å²) in [7, 11) is 1.64. The Morgan fingerprint density at radius 2 is 2.13 bits per heavy atom. The highest BCUT2D eigenvalue weighted by Crippen LogP contribution is 2.19. The van der Waals surface area contributed by atoms with Crippen molar-refractivity contribution in [3.63, 3.8) is 0 Å². The molecule has 0 bridgehead atoms. The first-order valence-corrected chi connectivity index (χ1v) is 5.11. The maximum absolute atomic E-state index is 5.22. The van der Waals surface area contributed by atoms with Crippen LogP contribution in [0.2, 0.25) is 0 Å². The van der Waals surface area contributed by atoms with Gasteiger partial charge in [-0.2, -0.15) is 4.98 Å². The van der Waals surface area contributed by atoms with Gasteiger partial charge in [0.15, 0.2) is 0 Å². The van der Waals surface area contributed by atoms with E-state index in [-0.39, 0.29) is 11.6 Å². The summed E-state index contributed by atoms with van der Waals surface area (Å²) in [5.41, 5.74) is -0.0847. The topological polar surface area (TPSA) is 60.2 Å². The minimum atomic E-state index is -0.0933. The highest BCUT2D eigenvalue weighted by molar-refractivity contribution is 5.23. The van der Waals surface area contributed by atoms with Crippen LogP contribution in [0.25, 0.3) is 0 Å². The third-order valence-corrected chi connectivity index (χ3v) is 1.87. The van der Waals surface area contributed by atoms with E-state index in [9.17, 15) is 0 Å². The highest BCUT2D eigenvalue weighted by atomic mass is 16.5. The molecule has 1 heterocycles. The van der Waals surface area contributed by atoms with Crippen LogP contribution < -0.4 is 5.32 Å². The van der Waals surface area contributed by atoms with Crippen LogP contribution in [-0.4, -0.2) is 22.8 Å². The van der Waals surface area contributed by atoms with Gasteiger partial charge in [0.25, 0.3) is 0 Å². The van der Waals surface area contributed by atoms with Gasteiger partial charge in [-0.25, -0.2) is 0 Å². The molecule has 1 unspecified atom stereocenters. The lowest BCUT2D eigenvalue weighted by atomic mass is 10.1. The second-order valence-electron chi connectivity index (χ2n) is 4.47. The largest absolute Gasteiger partial charge is 0.373 e. The fraction of sp³-hybridized carbons (Fsp3) is 0.800. The smallest absolute Gasteiger partial charge is 0.321 e. The van der Waals surface area contributed by atoms with Gasteiger partial charge in [-0.05, 0) is 27.2 Å². The van der Waals surface area contributed by atoms with E-state index in [1.165, 1.54) is 0 Å². The molecule has 0 fully saturated rings. The van der Waals surface area contributed by atoms with Gasteiger partial charge in [0, 0.05) is 12.6 Å². The molecular weight excluding hydrogens is 194 g/mol. The average molecular weight is 213 g/mol. The van der Waals surface area contributed by atoms with Gasteiger partial charge in [-0.3, -0.25) is 0 Å². The molecule has 1 atom stereocenters. The zero-order valence-corrected chi connectivity index (χ0v) is 10.00. The molecule has 0 aliphatic rings. The van der Waals surface area contributed by atoms with Gasteiger partial charge in [0.05, 0.1) is 0 Å². The molecule has 0 saturated carbocycles. The normalized spacial score (nSPS) is 13.9. The molecule has 1 aromatic heterocycles. The van der Waals surface area contributed by atoms with Crippen LogP contribution >= 0.6 is 0 Å². The third kappa shape index (κ3) is 3.51. The van der Waals surface area contributed by atoms with E-state index in [0.29, 0.717) is 11.8 Å². The van der Waals surface area contributed by atoms with Crippen LogP contribution in [0.4, 0.5) is 6.01 Å². The summed E-state index contributed by atoms with van der Waals surface area (Å²) < 4.78 is 10.3. The highest BCUT2D eigenvalue weighted by Gasteiger charge is 2.18. The van der Waals surface area contributed by atoms with Crippen molar-refractivity contribution < 1.29 is 9.26 Å². The van der Waals surface area contributed by atoms with E-state index in [1.54, 1.807) is 7.11 Å². The summed E-state index contributed by atoms with van der Waals surface area (Å²) in [4.78, 5) is 4.22. The quantitative estimate of drug-likeness (QED) is 0.832. The second kappa shape index (κ2) is 4.61. The molecule has 0 aliphatic heterocycles. The monoisotopic (exact) mass is 213 g/mol. The zero-order chi connectivity index (χ0) is 11.5. The molecule has 5 nitrogen and oxygen atoms in total. The molecule has 0 aliphatic carbocycles. The first kappa shape index (κ1) is 12.0. The summed E-state index contributed by atoms with van der Waals surface area (Å²) in [6, 6.07) is 0.438. The molecule has 1 rings (SSSR count). The molecule has 5 heteroatoms. The second-order valence-corrected chi connectivity index (χ2v) is 4.47. The minimum absolute atomic E-state index is 0.0847. The van der Waals surface area contributed by atoms with Crippen LogP contribution in [0.15, 0.2) is 4.52 Å². The van der Waals surface area contributed by atoms with Crippen molar-refractivity contribution in [1.82, 2.24) is 10.1 Å². The Hall–Kier alpha value is -1.10. The maximum Gasteiger partial charge on any atom is 0.321 e. The number of nitrogens with one attached hydrogen (secondary N) is 1. The van der Waals surface area contributed by atoms with Gasteiger partial charge >= 0.3 is 6.01 Å². The summed E-state index contributed by atoms with van der Waals surface area (Å²) in [5, 5.41) is 6.98. The summed E-state index contributed by atoms with van der Waals surface area (Å²) >= 11 is 0. The Morgan fingerprint density at radius 1 is 1.47 bits per heavy atom. The standard InChI is InChI=1S/C10H19N3O2/c1-6-7(14-5)8-11-9(15-13-8)12-10(2,3)4/h7H,6H2,1-5H3,(H,11,12,13). The Morgan fingerprint density at radius 3 is 2.60 bits per heavy atom. The molecule has 0 radical (unpaired) electrons.